The summed E-state index contributed by atoms with van der Waals surface area (Å²) < 4.78 is 2.15. The van der Waals surface area contributed by atoms with Crippen molar-refractivity contribution in [1.29, 1.82) is 0 Å². The van der Waals surface area contributed by atoms with Gasteiger partial charge in [-0.1, -0.05) is 41.7 Å². The van der Waals surface area contributed by atoms with Crippen LogP contribution >= 0.6 is 46.1 Å². The Morgan fingerprint density at radius 2 is 2.00 bits per heavy atom. The number of hydrogen-bond donors (Lipinski definition) is 1. The molecular weight excluding hydrogens is 391 g/mol. The van der Waals surface area contributed by atoms with Gasteiger partial charge in [0.05, 0.1) is 25.6 Å². The number of rotatable bonds is 4. The Bertz CT molecular complexity index is 934. The largest absolute Gasteiger partial charge is 0.476 e. The van der Waals surface area contributed by atoms with E-state index in [9.17, 15) is 9.90 Å². The lowest BCUT2D eigenvalue weighted by atomic mass is 10.1. The number of thiophene rings is 1. The molecule has 2 aromatic heterocycles. The average Bonchev–Trinajstić information content (AvgIpc) is 3.10. The van der Waals surface area contributed by atoms with Gasteiger partial charge in [0.2, 0.25) is 0 Å². The molecule has 0 aliphatic rings. The fraction of sp³-hybridized carbons (Fsp3) is 0.125. The van der Waals surface area contributed by atoms with E-state index >= 15 is 0 Å². The average molecular weight is 402 g/mol. The first kappa shape index (κ1) is 17.3. The predicted molar refractivity (Wildman–Crippen MR) is 98.2 cm³/mol. The number of nitrogens with zero attached hydrogens (tertiary/aromatic N) is 2. The van der Waals surface area contributed by atoms with E-state index in [1.165, 1.54) is 11.3 Å². The monoisotopic (exact) mass is 400 g/mol. The first-order chi connectivity index (χ1) is 11.4. The fourth-order valence-corrected chi connectivity index (χ4v) is 4.07. The molecular formula is C16H11Cl3N2O2S. The van der Waals surface area contributed by atoms with Crippen LogP contribution in [-0.2, 0) is 6.42 Å². The molecule has 3 rings (SSSR count). The quantitative estimate of drug-likeness (QED) is 0.599. The van der Waals surface area contributed by atoms with Crippen LogP contribution in [0.25, 0.3) is 16.3 Å². The maximum atomic E-state index is 11.6. The van der Waals surface area contributed by atoms with Crippen LogP contribution in [0.15, 0.2) is 30.3 Å². The molecule has 0 saturated heterocycles. The lowest BCUT2D eigenvalue weighted by Gasteiger charge is -2.09. The molecule has 0 unspecified atom stereocenters. The molecule has 0 amide bonds. The molecule has 1 N–H and O–H groups in total. The summed E-state index contributed by atoms with van der Waals surface area (Å²) in [7, 11) is 0. The van der Waals surface area contributed by atoms with Crippen LogP contribution in [0.5, 0.6) is 0 Å². The van der Waals surface area contributed by atoms with Crippen LogP contribution < -0.4 is 0 Å². The molecule has 0 bridgehead atoms. The zero-order valence-electron chi connectivity index (χ0n) is 12.4. The van der Waals surface area contributed by atoms with Gasteiger partial charge in [-0.25, -0.2) is 9.48 Å². The standard InChI is InChI=1S/C16H11Cl3N2O2S/c1-2-9-14(16(22)23)20-21(11-4-3-8(17)7-10(11)18)15(9)12-5-6-13(19)24-12/h3-7H,2H2,1H3,(H,22,23). The molecule has 2 heterocycles. The van der Waals surface area contributed by atoms with Crippen LogP contribution in [0.3, 0.4) is 0 Å². The number of aromatic carboxylic acids is 1. The van der Waals surface area contributed by atoms with E-state index in [0.29, 0.717) is 37.7 Å². The summed E-state index contributed by atoms with van der Waals surface area (Å²) in [5.74, 6) is -1.08. The minimum absolute atomic E-state index is 0.00281. The third-order valence-electron chi connectivity index (χ3n) is 3.48. The molecule has 124 valence electrons. The summed E-state index contributed by atoms with van der Waals surface area (Å²) in [5, 5.41) is 14.6. The summed E-state index contributed by atoms with van der Waals surface area (Å²) in [4.78, 5) is 12.4. The van der Waals surface area contributed by atoms with Crippen LogP contribution in [0.2, 0.25) is 14.4 Å². The maximum Gasteiger partial charge on any atom is 0.356 e. The van der Waals surface area contributed by atoms with Gasteiger partial charge in [0.15, 0.2) is 5.69 Å². The summed E-state index contributed by atoms with van der Waals surface area (Å²) in [6.45, 7) is 1.88. The maximum absolute atomic E-state index is 11.6. The Kier molecular flexibility index (Phi) is 4.88. The number of aromatic nitrogens is 2. The highest BCUT2D eigenvalue weighted by molar-refractivity contribution is 7.19. The van der Waals surface area contributed by atoms with Crippen molar-refractivity contribution < 1.29 is 9.90 Å². The van der Waals surface area contributed by atoms with E-state index < -0.39 is 5.97 Å². The number of carboxylic acid groups (broad SMARTS) is 1. The van der Waals surface area contributed by atoms with E-state index in [1.807, 2.05) is 13.0 Å². The minimum Gasteiger partial charge on any atom is -0.476 e. The fourth-order valence-electron chi connectivity index (χ4n) is 2.48. The SMILES string of the molecule is CCc1c(C(=O)O)nn(-c2ccc(Cl)cc2Cl)c1-c1ccc(Cl)s1. The number of carboxylic acids is 1. The molecule has 8 heteroatoms. The van der Waals surface area contributed by atoms with Crippen molar-refractivity contribution in [2.24, 2.45) is 0 Å². The second kappa shape index (κ2) is 6.76. The van der Waals surface area contributed by atoms with Gasteiger partial charge in [0.25, 0.3) is 0 Å². The van der Waals surface area contributed by atoms with Crippen LogP contribution in [0.1, 0.15) is 23.0 Å². The molecule has 0 atom stereocenters. The Hall–Kier alpha value is -1.53. The van der Waals surface area contributed by atoms with Gasteiger partial charge < -0.3 is 5.11 Å². The van der Waals surface area contributed by atoms with Crippen molar-refractivity contribution in [2.45, 2.75) is 13.3 Å². The van der Waals surface area contributed by atoms with Crippen molar-refractivity contribution >= 4 is 52.1 Å². The van der Waals surface area contributed by atoms with E-state index in [2.05, 4.69) is 5.10 Å². The molecule has 0 spiro atoms. The van der Waals surface area contributed by atoms with E-state index in [4.69, 9.17) is 34.8 Å². The molecule has 0 fully saturated rings. The van der Waals surface area contributed by atoms with Crippen molar-refractivity contribution in [2.75, 3.05) is 0 Å². The number of carbonyl (C=O) groups is 1. The van der Waals surface area contributed by atoms with Crippen molar-refractivity contribution in [3.05, 3.63) is 56.0 Å². The van der Waals surface area contributed by atoms with Crippen LogP contribution in [0, 0.1) is 0 Å². The van der Waals surface area contributed by atoms with Crippen molar-refractivity contribution in [3.63, 3.8) is 0 Å². The van der Waals surface area contributed by atoms with Gasteiger partial charge in [0, 0.05) is 10.6 Å². The summed E-state index contributed by atoms with van der Waals surface area (Å²) >= 11 is 19.7. The van der Waals surface area contributed by atoms with Crippen LogP contribution in [0.4, 0.5) is 0 Å². The Morgan fingerprint density at radius 3 is 2.54 bits per heavy atom. The van der Waals surface area contributed by atoms with Crippen molar-refractivity contribution in [3.8, 4) is 16.3 Å². The number of halogens is 3. The first-order valence-corrected chi connectivity index (χ1v) is 8.93. The predicted octanol–water partition coefficient (Wildman–Crippen LogP) is 5.82. The minimum atomic E-state index is -1.08. The zero-order chi connectivity index (χ0) is 17.4. The Balaban J connectivity index is 2.34. The van der Waals surface area contributed by atoms with E-state index in [0.717, 1.165) is 4.88 Å². The van der Waals surface area contributed by atoms with Gasteiger partial charge in [-0.15, -0.1) is 11.3 Å². The zero-order valence-corrected chi connectivity index (χ0v) is 15.5. The van der Waals surface area contributed by atoms with Crippen LogP contribution in [-0.4, -0.2) is 20.9 Å². The van der Waals surface area contributed by atoms with Gasteiger partial charge in [-0.3, -0.25) is 0 Å². The molecule has 3 aromatic rings. The highest BCUT2D eigenvalue weighted by atomic mass is 35.5. The Labute approximate surface area is 157 Å². The highest BCUT2D eigenvalue weighted by Crippen LogP contribution is 2.37. The van der Waals surface area contributed by atoms with Gasteiger partial charge in [0.1, 0.15) is 0 Å². The third-order valence-corrected chi connectivity index (χ3v) is 5.26. The third kappa shape index (κ3) is 3.05. The topological polar surface area (TPSA) is 55.1 Å². The molecule has 0 radical (unpaired) electrons. The number of benzene rings is 1. The molecule has 0 aliphatic heterocycles. The Morgan fingerprint density at radius 1 is 1.25 bits per heavy atom. The highest BCUT2D eigenvalue weighted by Gasteiger charge is 2.25. The lowest BCUT2D eigenvalue weighted by molar-refractivity contribution is 0.0689. The molecule has 0 saturated carbocycles. The molecule has 1 aromatic carbocycles. The summed E-state index contributed by atoms with van der Waals surface area (Å²) in [5.41, 5.74) is 1.87. The summed E-state index contributed by atoms with van der Waals surface area (Å²) in [6, 6.07) is 8.60. The number of hydrogen-bond acceptors (Lipinski definition) is 3. The molecule has 0 aliphatic carbocycles. The second-order valence-corrected chi connectivity index (χ2v) is 7.50. The lowest BCUT2D eigenvalue weighted by Crippen LogP contribution is -2.03. The second-order valence-electron chi connectivity index (χ2n) is 4.95. The molecule has 4 nitrogen and oxygen atoms in total. The van der Waals surface area contributed by atoms with Gasteiger partial charge >= 0.3 is 5.97 Å². The van der Waals surface area contributed by atoms with Gasteiger partial charge in [-0.2, -0.15) is 5.10 Å². The normalized spacial score (nSPS) is 11.0. The van der Waals surface area contributed by atoms with Gasteiger partial charge in [-0.05, 0) is 36.8 Å². The van der Waals surface area contributed by atoms with Crippen molar-refractivity contribution in [1.82, 2.24) is 9.78 Å². The molecule has 24 heavy (non-hydrogen) atoms. The van der Waals surface area contributed by atoms with E-state index in [1.54, 1.807) is 28.9 Å². The summed E-state index contributed by atoms with van der Waals surface area (Å²) in [6.07, 6.45) is 0.512. The first-order valence-electron chi connectivity index (χ1n) is 6.98. The smallest absolute Gasteiger partial charge is 0.356 e. The van der Waals surface area contributed by atoms with E-state index in [-0.39, 0.29) is 5.69 Å².